The molecular formula is C23H27N5O4. The van der Waals surface area contributed by atoms with E-state index in [1.807, 2.05) is 36.5 Å². The molecule has 3 heterocycles. The van der Waals surface area contributed by atoms with E-state index in [1.54, 1.807) is 24.2 Å². The van der Waals surface area contributed by atoms with Crippen LogP contribution in [0.4, 0.5) is 5.82 Å². The fourth-order valence-corrected chi connectivity index (χ4v) is 4.02. The normalized spacial score (nSPS) is 18.6. The van der Waals surface area contributed by atoms with Gasteiger partial charge in [-0.15, -0.1) is 0 Å². The Kier molecular flexibility index (Phi) is 6.94. The van der Waals surface area contributed by atoms with Crippen LogP contribution in [0, 0.1) is 5.92 Å². The van der Waals surface area contributed by atoms with Gasteiger partial charge in [-0.3, -0.25) is 4.79 Å². The van der Waals surface area contributed by atoms with Crippen molar-refractivity contribution in [3.63, 3.8) is 0 Å². The highest BCUT2D eigenvalue weighted by molar-refractivity contribution is 5.82. The Labute approximate surface area is 187 Å². The van der Waals surface area contributed by atoms with Crippen molar-refractivity contribution in [1.29, 1.82) is 0 Å². The zero-order chi connectivity index (χ0) is 22.3. The average Bonchev–Trinajstić information content (AvgIpc) is 3.33. The maximum atomic E-state index is 13.2. The Morgan fingerprint density at radius 2 is 1.91 bits per heavy atom. The molecule has 2 aliphatic rings. The van der Waals surface area contributed by atoms with E-state index in [0.29, 0.717) is 25.5 Å². The molecule has 1 amide bonds. The van der Waals surface area contributed by atoms with Crippen molar-refractivity contribution in [3.8, 4) is 6.01 Å². The van der Waals surface area contributed by atoms with Gasteiger partial charge in [0.15, 0.2) is 6.61 Å². The number of aromatic nitrogens is 2. The molecular weight excluding hydrogens is 410 g/mol. The molecule has 0 spiro atoms. The first-order chi connectivity index (χ1) is 15.7. The molecule has 4 rings (SSSR count). The number of carbonyl (C=O) groups is 2. The molecule has 168 valence electrons. The fourth-order valence-electron chi connectivity index (χ4n) is 4.02. The molecule has 0 aliphatic carbocycles. The molecule has 0 radical (unpaired) electrons. The maximum Gasteiger partial charge on any atom is 0.344 e. The lowest BCUT2D eigenvalue weighted by Gasteiger charge is -2.34. The van der Waals surface area contributed by atoms with Gasteiger partial charge >= 0.3 is 12.0 Å². The van der Waals surface area contributed by atoms with Crippen LogP contribution in [0.2, 0.25) is 0 Å². The highest BCUT2D eigenvalue weighted by Crippen LogP contribution is 2.32. The van der Waals surface area contributed by atoms with E-state index in [1.165, 1.54) is 0 Å². The first-order valence-corrected chi connectivity index (χ1v) is 10.9. The van der Waals surface area contributed by atoms with Gasteiger partial charge in [-0.2, -0.15) is 10.1 Å². The standard InChI is InChI=1S/C23H27N5O4/c1-2-31-21(29)16-32-23-24-12-9-20(26-23)27-14-10-18(11-15-27)22(30)28-19(8-13-25-28)17-6-4-3-5-7-17/h3-7,9,12-13,18-19H,2,8,10-11,14-16H2,1H3/t19-/m0/s1. The van der Waals surface area contributed by atoms with Crippen molar-refractivity contribution in [2.75, 3.05) is 31.2 Å². The van der Waals surface area contributed by atoms with E-state index >= 15 is 0 Å². The first-order valence-electron chi connectivity index (χ1n) is 10.9. The molecule has 1 aromatic heterocycles. The number of piperidine rings is 1. The number of carbonyl (C=O) groups excluding carboxylic acids is 2. The molecule has 0 unspecified atom stereocenters. The third-order valence-corrected chi connectivity index (χ3v) is 5.65. The summed E-state index contributed by atoms with van der Waals surface area (Å²) in [4.78, 5) is 35.2. The van der Waals surface area contributed by atoms with Gasteiger partial charge in [-0.05, 0) is 31.4 Å². The predicted octanol–water partition coefficient (Wildman–Crippen LogP) is 2.59. The van der Waals surface area contributed by atoms with Crippen molar-refractivity contribution < 1.29 is 19.1 Å². The van der Waals surface area contributed by atoms with Gasteiger partial charge in [0.1, 0.15) is 5.82 Å². The van der Waals surface area contributed by atoms with Crippen molar-refractivity contribution in [1.82, 2.24) is 15.0 Å². The van der Waals surface area contributed by atoms with Crippen LogP contribution in [0.15, 0.2) is 47.7 Å². The van der Waals surface area contributed by atoms with Crippen LogP contribution >= 0.6 is 0 Å². The molecule has 2 aromatic rings. The molecule has 1 atom stereocenters. The van der Waals surface area contributed by atoms with Crippen LogP contribution in [0.5, 0.6) is 6.01 Å². The van der Waals surface area contributed by atoms with Crippen molar-refractivity contribution in [2.24, 2.45) is 11.0 Å². The Bertz CT molecular complexity index is 960. The molecule has 32 heavy (non-hydrogen) atoms. The lowest BCUT2D eigenvalue weighted by molar-refractivity contribution is -0.145. The van der Waals surface area contributed by atoms with E-state index < -0.39 is 5.97 Å². The highest BCUT2D eigenvalue weighted by atomic mass is 16.6. The van der Waals surface area contributed by atoms with Gasteiger partial charge in [0.25, 0.3) is 0 Å². The van der Waals surface area contributed by atoms with E-state index in [0.717, 1.165) is 24.8 Å². The van der Waals surface area contributed by atoms with E-state index in [4.69, 9.17) is 9.47 Å². The van der Waals surface area contributed by atoms with Crippen LogP contribution < -0.4 is 9.64 Å². The Morgan fingerprint density at radius 1 is 1.12 bits per heavy atom. The number of rotatable bonds is 7. The summed E-state index contributed by atoms with van der Waals surface area (Å²) in [5, 5.41) is 6.03. The maximum absolute atomic E-state index is 13.2. The molecule has 0 bridgehead atoms. The van der Waals surface area contributed by atoms with Crippen LogP contribution in [-0.2, 0) is 14.3 Å². The zero-order valence-corrected chi connectivity index (χ0v) is 18.1. The second-order valence-corrected chi connectivity index (χ2v) is 7.70. The third-order valence-electron chi connectivity index (χ3n) is 5.65. The second-order valence-electron chi connectivity index (χ2n) is 7.70. The average molecular weight is 438 g/mol. The van der Waals surface area contributed by atoms with Crippen LogP contribution in [0.3, 0.4) is 0 Å². The smallest absolute Gasteiger partial charge is 0.344 e. The molecule has 0 N–H and O–H groups in total. The molecule has 9 nitrogen and oxygen atoms in total. The summed E-state index contributed by atoms with van der Waals surface area (Å²) in [5.41, 5.74) is 1.10. The second kappa shape index (κ2) is 10.2. The van der Waals surface area contributed by atoms with E-state index in [2.05, 4.69) is 20.0 Å². The summed E-state index contributed by atoms with van der Waals surface area (Å²) in [5.74, 6) is 0.257. The molecule has 0 saturated carbocycles. The Hall–Kier alpha value is -3.49. The Morgan fingerprint density at radius 3 is 2.66 bits per heavy atom. The molecule has 2 aliphatic heterocycles. The quantitative estimate of drug-likeness (QED) is 0.614. The van der Waals surface area contributed by atoms with Gasteiger partial charge in [0.2, 0.25) is 5.91 Å². The van der Waals surface area contributed by atoms with E-state index in [9.17, 15) is 9.59 Å². The van der Waals surface area contributed by atoms with Crippen molar-refractivity contribution >= 4 is 23.9 Å². The number of hydrogen-bond acceptors (Lipinski definition) is 8. The lowest BCUT2D eigenvalue weighted by atomic mass is 9.94. The van der Waals surface area contributed by atoms with Crippen LogP contribution in [0.1, 0.15) is 37.8 Å². The van der Waals surface area contributed by atoms with Gasteiger partial charge in [-0.25, -0.2) is 14.8 Å². The molecule has 1 fully saturated rings. The summed E-state index contributed by atoms with van der Waals surface area (Å²) in [6.45, 7) is 3.19. The zero-order valence-electron chi connectivity index (χ0n) is 18.1. The van der Waals surface area contributed by atoms with Crippen molar-refractivity contribution in [3.05, 3.63) is 48.2 Å². The van der Waals surface area contributed by atoms with Gasteiger partial charge in [0, 0.05) is 37.8 Å². The number of hydrazone groups is 1. The summed E-state index contributed by atoms with van der Waals surface area (Å²) in [6, 6.07) is 11.9. The molecule has 9 heteroatoms. The summed E-state index contributed by atoms with van der Waals surface area (Å²) in [7, 11) is 0. The molecule has 1 aromatic carbocycles. The van der Waals surface area contributed by atoms with Gasteiger partial charge in [-0.1, -0.05) is 30.3 Å². The van der Waals surface area contributed by atoms with Crippen LogP contribution in [0.25, 0.3) is 0 Å². The van der Waals surface area contributed by atoms with Crippen LogP contribution in [-0.4, -0.2) is 59.4 Å². The number of ether oxygens (including phenoxy) is 2. The summed E-state index contributed by atoms with van der Waals surface area (Å²) in [6.07, 6.45) is 5.60. The number of anilines is 1. The minimum absolute atomic E-state index is 0.0253. The summed E-state index contributed by atoms with van der Waals surface area (Å²) >= 11 is 0. The number of hydrogen-bond donors (Lipinski definition) is 0. The largest absolute Gasteiger partial charge is 0.463 e. The lowest BCUT2D eigenvalue weighted by Crippen LogP contribution is -2.41. The van der Waals surface area contributed by atoms with E-state index in [-0.39, 0.29) is 30.5 Å². The first kappa shape index (κ1) is 21.7. The van der Waals surface area contributed by atoms with Gasteiger partial charge < -0.3 is 14.4 Å². The Balaban J connectivity index is 1.33. The number of nitrogens with zero attached hydrogens (tertiary/aromatic N) is 5. The van der Waals surface area contributed by atoms with Crippen molar-refractivity contribution in [2.45, 2.75) is 32.2 Å². The molecule has 1 saturated heterocycles. The number of esters is 1. The number of benzene rings is 1. The topological polar surface area (TPSA) is 97.2 Å². The number of amides is 1. The minimum atomic E-state index is -0.459. The monoisotopic (exact) mass is 437 g/mol. The predicted molar refractivity (Wildman–Crippen MR) is 118 cm³/mol. The third kappa shape index (κ3) is 5.04. The SMILES string of the molecule is CCOC(=O)COc1nccc(N2CCC(C(=O)N3N=CC[C@H]3c3ccccc3)CC2)n1. The highest BCUT2D eigenvalue weighted by Gasteiger charge is 2.34. The minimum Gasteiger partial charge on any atom is -0.463 e. The fraction of sp³-hybridized carbons (Fsp3) is 0.435. The van der Waals surface area contributed by atoms with Gasteiger partial charge in [0.05, 0.1) is 12.6 Å². The summed E-state index contributed by atoms with van der Waals surface area (Å²) < 4.78 is 10.2.